The van der Waals surface area contributed by atoms with E-state index in [1.807, 2.05) is 0 Å². The second-order valence-electron chi connectivity index (χ2n) is 5.83. The fraction of sp³-hybridized carbons (Fsp3) is 0.467. The zero-order valence-electron chi connectivity index (χ0n) is 13.2. The predicted octanol–water partition coefficient (Wildman–Crippen LogP) is 0.888. The highest BCUT2D eigenvalue weighted by Gasteiger charge is 2.23. The molecule has 2 rings (SSSR count). The van der Waals surface area contributed by atoms with Gasteiger partial charge in [0, 0.05) is 13.1 Å². The molecular formula is C15H19FN2O5S. The molecule has 0 radical (unpaired) electrons. The minimum Gasteiger partial charge on any atom is -0.452 e. The summed E-state index contributed by atoms with van der Waals surface area (Å²) in [5.74, 6) is -1.88. The molecule has 0 spiro atoms. The third-order valence-corrected chi connectivity index (χ3v) is 4.86. The number of carbonyl (C=O) groups is 2. The lowest BCUT2D eigenvalue weighted by atomic mass is 9.99. The maximum Gasteiger partial charge on any atom is 0.341 e. The van der Waals surface area contributed by atoms with Gasteiger partial charge in [-0.25, -0.2) is 22.7 Å². The van der Waals surface area contributed by atoms with E-state index >= 15 is 0 Å². The van der Waals surface area contributed by atoms with Gasteiger partial charge in [-0.3, -0.25) is 4.79 Å². The van der Waals surface area contributed by atoms with E-state index in [0.29, 0.717) is 19.0 Å². The Morgan fingerprint density at radius 2 is 1.96 bits per heavy atom. The van der Waals surface area contributed by atoms with Gasteiger partial charge in [-0.2, -0.15) is 0 Å². The van der Waals surface area contributed by atoms with Gasteiger partial charge >= 0.3 is 5.97 Å². The van der Waals surface area contributed by atoms with Crippen LogP contribution in [0.25, 0.3) is 0 Å². The molecule has 132 valence electrons. The number of rotatable bonds is 4. The van der Waals surface area contributed by atoms with Crippen LogP contribution >= 0.6 is 0 Å². The molecule has 0 aromatic heterocycles. The molecule has 1 heterocycles. The molecule has 1 amide bonds. The molecule has 24 heavy (non-hydrogen) atoms. The number of nitrogens with zero attached hydrogens (tertiary/aromatic N) is 1. The molecule has 0 atom stereocenters. The van der Waals surface area contributed by atoms with Crippen molar-refractivity contribution in [1.82, 2.24) is 4.90 Å². The highest BCUT2D eigenvalue weighted by Crippen LogP contribution is 2.17. The van der Waals surface area contributed by atoms with E-state index in [1.165, 1.54) is 0 Å². The number of carbonyl (C=O) groups excluding carboxylic acids is 2. The Balaban J connectivity index is 2.01. The fourth-order valence-electron chi connectivity index (χ4n) is 2.39. The van der Waals surface area contributed by atoms with Crippen molar-refractivity contribution in [3.63, 3.8) is 0 Å². The number of ether oxygens (including phenoxy) is 1. The van der Waals surface area contributed by atoms with E-state index in [9.17, 15) is 22.4 Å². The quantitative estimate of drug-likeness (QED) is 0.805. The number of hydrogen-bond acceptors (Lipinski definition) is 5. The predicted molar refractivity (Wildman–Crippen MR) is 83.0 cm³/mol. The van der Waals surface area contributed by atoms with Gasteiger partial charge in [-0.15, -0.1) is 0 Å². The van der Waals surface area contributed by atoms with Gasteiger partial charge < -0.3 is 9.64 Å². The zero-order valence-corrected chi connectivity index (χ0v) is 14.0. The molecule has 7 nitrogen and oxygen atoms in total. The van der Waals surface area contributed by atoms with Gasteiger partial charge in [0.05, 0.1) is 10.5 Å². The Morgan fingerprint density at radius 3 is 2.54 bits per heavy atom. The van der Waals surface area contributed by atoms with E-state index in [4.69, 9.17) is 9.88 Å². The largest absolute Gasteiger partial charge is 0.452 e. The summed E-state index contributed by atoms with van der Waals surface area (Å²) in [7, 11) is -4.08. The van der Waals surface area contributed by atoms with E-state index in [1.54, 1.807) is 4.90 Å². The smallest absolute Gasteiger partial charge is 0.341 e. The summed E-state index contributed by atoms with van der Waals surface area (Å²) < 4.78 is 41.0. The fourth-order valence-corrected chi connectivity index (χ4v) is 2.93. The summed E-state index contributed by atoms with van der Waals surface area (Å²) in [5, 5.41) is 4.94. The maximum absolute atomic E-state index is 13.7. The Bertz CT molecular complexity index is 742. The van der Waals surface area contributed by atoms with Crippen molar-refractivity contribution in [2.75, 3.05) is 19.7 Å². The number of amides is 1. The summed E-state index contributed by atoms with van der Waals surface area (Å²) in [6.45, 7) is 2.76. The number of esters is 1. The number of likely N-dealkylation sites (tertiary alicyclic amines) is 1. The first-order valence-corrected chi connectivity index (χ1v) is 9.00. The maximum atomic E-state index is 13.7. The zero-order chi connectivity index (χ0) is 17.9. The summed E-state index contributed by atoms with van der Waals surface area (Å²) in [6.07, 6.45) is 1.76. The van der Waals surface area contributed by atoms with Crippen molar-refractivity contribution in [3.05, 3.63) is 29.6 Å². The van der Waals surface area contributed by atoms with Crippen molar-refractivity contribution in [1.29, 1.82) is 0 Å². The first kappa shape index (κ1) is 18.3. The third-order valence-electron chi connectivity index (χ3n) is 3.95. The minimum atomic E-state index is -4.08. The van der Waals surface area contributed by atoms with Crippen LogP contribution < -0.4 is 5.14 Å². The van der Waals surface area contributed by atoms with E-state index in [-0.39, 0.29) is 5.91 Å². The molecule has 9 heteroatoms. The van der Waals surface area contributed by atoms with Crippen molar-refractivity contribution in [3.8, 4) is 0 Å². The summed E-state index contributed by atoms with van der Waals surface area (Å²) in [5.41, 5.74) is -0.582. The highest BCUT2D eigenvalue weighted by molar-refractivity contribution is 7.89. The second kappa shape index (κ2) is 7.27. The molecular weight excluding hydrogens is 339 g/mol. The van der Waals surface area contributed by atoms with E-state index in [0.717, 1.165) is 31.0 Å². The van der Waals surface area contributed by atoms with Crippen LogP contribution in [0.3, 0.4) is 0 Å². The summed E-state index contributed by atoms with van der Waals surface area (Å²) in [6, 6.07) is 2.55. The second-order valence-corrected chi connectivity index (χ2v) is 7.39. The van der Waals surface area contributed by atoms with Gasteiger partial charge in [0.1, 0.15) is 5.82 Å². The number of sulfonamides is 1. The number of benzene rings is 1. The van der Waals surface area contributed by atoms with Crippen LogP contribution in [0.1, 0.15) is 30.1 Å². The van der Waals surface area contributed by atoms with Gasteiger partial charge in [0.25, 0.3) is 5.91 Å². The number of piperidine rings is 1. The standard InChI is InChI=1S/C15H19FN2O5S/c1-10-4-6-18(7-5-10)14(19)9-23-15(20)12-8-11(24(17,21)22)2-3-13(12)16/h2-3,8,10H,4-7,9H2,1H3,(H2,17,21,22). The van der Waals surface area contributed by atoms with Crippen LogP contribution in [0.4, 0.5) is 4.39 Å². The monoisotopic (exact) mass is 358 g/mol. The average Bonchev–Trinajstić information content (AvgIpc) is 2.52. The van der Waals surface area contributed by atoms with Crippen molar-refractivity contribution in [2.24, 2.45) is 11.1 Å². The van der Waals surface area contributed by atoms with Gasteiger partial charge in [0.15, 0.2) is 6.61 Å². The van der Waals surface area contributed by atoms with E-state index in [2.05, 4.69) is 6.92 Å². The molecule has 1 aromatic rings. The Hall–Kier alpha value is -2.00. The van der Waals surface area contributed by atoms with Gasteiger partial charge in [0.2, 0.25) is 10.0 Å². The molecule has 0 unspecified atom stereocenters. The normalized spacial score (nSPS) is 16.0. The van der Waals surface area contributed by atoms with Gasteiger partial charge in [-0.1, -0.05) is 6.92 Å². The van der Waals surface area contributed by atoms with E-state index < -0.39 is 38.9 Å². The van der Waals surface area contributed by atoms with Gasteiger partial charge in [-0.05, 0) is 37.0 Å². The number of primary sulfonamides is 1. The molecule has 0 saturated carbocycles. The van der Waals surface area contributed by atoms with Crippen LogP contribution in [0, 0.1) is 11.7 Å². The number of hydrogen-bond donors (Lipinski definition) is 1. The minimum absolute atomic E-state index is 0.363. The molecule has 2 N–H and O–H groups in total. The number of halogens is 1. The first-order chi connectivity index (χ1) is 11.2. The molecule has 0 aliphatic carbocycles. The molecule has 1 fully saturated rings. The number of nitrogens with two attached hydrogens (primary N) is 1. The molecule has 1 aliphatic heterocycles. The van der Waals surface area contributed by atoms with Crippen molar-refractivity contribution in [2.45, 2.75) is 24.7 Å². The topological polar surface area (TPSA) is 107 Å². The summed E-state index contributed by atoms with van der Waals surface area (Å²) in [4.78, 5) is 25.1. The lowest BCUT2D eigenvalue weighted by Gasteiger charge is -2.30. The highest BCUT2D eigenvalue weighted by atomic mass is 32.2. The van der Waals surface area contributed by atoms with Crippen LogP contribution in [-0.2, 0) is 19.6 Å². The van der Waals surface area contributed by atoms with Crippen molar-refractivity contribution >= 4 is 21.9 Å². The summed E-state index contributed by atoms with van der Waals surface area (Å²) >= 11 is 0. The third kappa shape index (κ3) is 4.51. The van der Waals surface area contributed by atoms with Crippen LogP contribution in [0.5, 0.6) is 0 Å². The first-order valence-electron chi connectivity index (χ1n) is 7.45. The SMILES string of the molecule is CC1CCN(C(=O)COC(=O)c2cc(S(N)(=O)=O)ccc2F)CC1. The lowest BCUT2D eigenvalue weighted by Crippen LogP contribution is -2.40. The molecule has 1 aliphatic rings. The van der Waals surface area contributed by atoms with Crippen molar-refractivity contribution < 1.29 is 27.1 Å². The molecule has 1 aromatic carbocycles. The molecule has 0 bridgehead atoms. The average molecular weight is 358 g/mol. The molecule has 1 saturated heterocycles. The Kier molecular flexibility index (Phi) is 5.55. The van der Waals surface area contributed by atoms with Crippen LogP contribution in [0.15, 0.2) is 23.1 Å². The van der Waals surface area contributed by atoms with Crippen LogP contribution in [-0.4, -0.2) is 44.9 Å². The Morgan fingerprint density at radius 1 is 1.33 bits per heavy atom. The Labute approximate surface area is 139 Å². The van der Waals surface area contributed by atoms with Crippen LogP contribution in [0.2, 0.25) is 0 Å². The lowest BCUT2D eigenvalue weighted by molar-refractivity contribution is -0.135.